The lowest BCUT2D eigenvalue weighted by Crippen LogP contribution is -2.43. The number of ether oxygens (including phenoxy) is 1. The van der Waals surface area contributed by atoms with E-state index in [1.54, 1.807) is 11.8 Å². The van der Waals surface area contributed by atoms with Gasteiger partial charge in [0.25, 0.3) is 0 Å². The van der Waals surface area contributed by atoms with Gasteiger partial charge in [0.2, 0.25) is 5.91 Å². The number of fused-ring (bicyclic) bond motifs is 1. The fraction of sp³-hybridized carbons (Fsp3) is 0.409. The maximum absolute atomic E-state index is 12.8. The van der Waals surface area contributed by atoms with Gasteiger partial charge in [-0.05, 0) is 52.8 Å². The molecule has 26 heavy (non-hydrogen) atoms. The van der Waals surface area contributed by atoms with E-state index in [1.807, 2.05) is 13.0 Å². The van der Waals surface area contributed by atoms with Gasteiger partial charge in [0, 0.05) is 16.9 Å². The van der Waals surface area contributed by atoms with Crippen molar-refractivity contribution in [2.75, 3.05) is 0 Å². The molecule has 1 amide bonds. The van der Waals surface area contributed by atoms with Crippen LogP contribution in [0.5, 0.6) is 5.75 Å². The maximum Gasteiger partial charge on any atom is 0.233 e. The zero-order valence-corrected chi connectivity index (χ0v) is 16.9. The van der Waals surface area contributed by atoms with E-state index in [2.05, 4.69) is 69.4 Å². The summed E-state index contributed by atoms with van der Waals surface area (Å²) in [4.78, 5) is 13.9. The molecule has 0 bridgehead atoms. The number of carbonyl (C=O) groups excluding carboxylic acids is 1. The van der Waals surface area contributed by atoms with Crippen LogP contribution in [0.2, 0.25) is 0 Å². The molecule has 2 atom stereocenters. The fourth-order valence-corrected chi connectivity index (χ4v) is 4.14. The van der Waals surface area contributed by atoms with Crippen molar-refractivity contribution in [3.63, 3.8) is 0 Å². The van der Waals surface area contributed by atoms with E-state index in [9.17, 15) is 4.79 Å². The summed E-state index contributed by atoms with van der Waals surface area (Å²) in [7, 11) is 0. The first-order valence-electron chi connectivity index (χ1n) is 9.07. The van der Waals surface area contributed by atoms with E-state index in [1.165, 1.54) is 11.1 Å². The minimum absolute atomic E-state index is 0.0257. The average molecular weight is 370 g/mol. The lowest BCUT2D eigenvalue weighted by molar-refractivity contribution is -0.121. The van der Waals surface area contributed by atoms with Gasteiger partial charge in [-0.2, -0.15) is 0 Å². The molecule has 0 saturated carbocycles. The van der Waals surface area contributed by atoms with Gasteiger partial charge in [0.05, 0.1) is 11.3 Å². The molecule has 0 aromatic heterocycles. The highest BCUT2D eigenvalue weighted by atomic mass is 32.2. The number of aryl methyl sites for hydroxylation is 2. The molecule has 0 radical (unpaired) electrons. The van der Waals surface area contributed by atoms with Crippen molar-refractivity contribution in [1.29, 1.82) is 0 Å². The Bertz CT molecular complexity index is 798. The van der Waals surface area contributed by atoms with Crippen molar-refractivity contribution in [3.8, 4) is 5.75 Å². The number of benzene rings is 2. The fourth-order valence-electron chi connectivity index (χ4n) is 3.27. The minimum Gasteiger partial charge on any atom is -0.487 e. The molecule has 1 aliphatic rings. The van der Waals surface area contributed by atoms with E-state index >= 15 is 0 Å². The van der Waals surface area contributed by atoms with Crippen LogP contribution in [0.25, 0.3) is 0 Å². The Morgan fingerprint density at radius 3 is 2.50 bits per heavy atom. The molecule has 1 aliphatic heterocycles. The van der Waals surface area contributed by atoms with Crippen molar-refractivity contribution in [1.82, 2.24) is 5.32 Å². The standard InChI is InChI=1S/C22H27NO2S/c1-14-6-9-17(10-7-14)26-16(3)21(24)23-19-13-22(4,5)25-20-11-8-15(2)12-18(19)20/h6-12,16,19H,13H2,1-5H3,(H,23,24). The zero-order valence-electron chi connectivity index (χ0n) is 16.1. The lowest BCUT2D eigenvalue weighted by atomic mass is 9.89. The van der Waals surface area contributed by atoms with Gasteiger partial charge < -0.3 is 10.1 Å². The van der Waals surface area contributed by atoms with E-state index in [-0.39, 0.29) is 22.8 Å². The number of thioether (sulfide) groups is 1. The third-order valence-electron chi connectivity index (χ3n) is 4.64. The summed E-state index contributed by atoms with van der Waals surface area (Å²) in [5, 5.41) is 3.09. The minimum atomic E-state index is -0.298. The molecular weight excluding hydrogens is 342 g/mol. The first-order valence-corrected chi connectivity index (χ1v) is 9.95. The molecule has 2 aromatic carbocycles. The first kappa shape index (κ1) is 18.8. The predicted octanol–water partition coefficient (Wildman–Crippen LogP) is 5.20. The Morgan fingerprint density at radius 1 is 1.15 bits per heavy atom. The lowest BCUT2D eigenvalue weighted by Gasteiger charge is -2.38. The molecule has 0 aliphatic carbocycles. The second-order valence-electron chi connectivity index (χ2n) is 7.74. The number of carbonyl (C=O) groups is 1. The van der Waals surface area contributed by atoms with Crippen molar-refractivity contribution in [2.45, 2.75) is 62.8 Å². The number of hydrogen-bond donors (Lipinski definition) is 1. The van der Waals surface area contributed by atoms with Crippen LogP contribution in [-0.4, -0.2) is 16.8 Å². The van der Waals surface area contributed by atoms with Crippen LogP contribution in [0.1, 0.15) is 49.9 Å². The SMILES string of the molecule is Cc1ccc(SC(C)C(=O)NC2CC(C)(C)Oc3ccc(C)cc32)cc1. The smallest absolute Gasteiger partial charge is 0.233 e. The van der Waals surface area contributed by atoms with Crippen molar-refractivity contribution >= 4 is 17.7 Å². The Labute approximate surface area is 160 Å². The number of nitrogens with one attached hydrogen (secondary N) is 1. The van der Waals surface area contributed by atoms with Crippen LogP contribution in [-0.2, 0) is 4.79 Å². The van der Waals surface area contributed by atoms with Gasteiger partial charge in [0.15, 0.2) is 0 Å². The van der Waals surface area contributed by atoms with Crippen LogP contribution < -0.4 is 10.1 Å². The predicted molar refractivity (Wildman–Crippen MR) is 108 cm³/mol. The van der Waals surface area contributed by atoms with E-state index in [4.69, 9.17) is 4.74 Å². The highest BCUT2D eigenvalue weighted by Gasteiger charge is 2.35. The molecule has 3 nitrogen and oxygen atoms in total. The van der Waals surface area contributed by atoms with Crippen LogP contribution in [0, 0.1) is 13.8 Å². The molecule has 2 unspecified atom stereocenters. The number of rotatable bonds is 4. The Balaban J connectivity index is 1.74. The van der Waals surface area contributed by atoms with E-state index < -0.39 is 0 Å². The zero-order chi connectivity index (χ0) is 18.9. The quantitative estimate of drug-likeness (QED) is 0.753. The van der Waals surface area contributed by atoms with Gasteiger partial charge in [0.1, 0.15) is 11.4 Å². The molecule has 1 heterocycles. The average Bonchev–Trinajstić information content (AvgIpc) is 2.57. The van der Waals surface area contributed by atoms with Gasteiger partial charge in [-0.15, -0.1) is 11.8 Å². The van der Waals surface area contributed by atoms with Gasteiger partial charge in [-0.3, -0.25) is 4.79 Å². The Morgan fingerprint density at radius 2 is 1.81 bits per heavy atom. The molecule has 0 fully saturated rings. The Kier molecular flexibility index (Phi) is 5.33. The second-order valence-corrected chi connectivity index (χ2v) is 9.16. The summed E-state index contributed by atoms with van der Waals surface area (Å²) >= 11 is 1.59. The molecule has 2 aromatic rings. The topological polar surface area (TPSA) is 38.3 Å². The highest BCUT2D eigenvalue weighted by Crippen LogP contribution is 2.40. The number of hydrogen-bond acceptors (Lipinski definition) is 3. The van der Waals surface area contributed by atoms with Crippen LogP contribution in [0.15, 0.2) is 47.4 Å². The molecule has 1 N–H and O–H groups in total. The maximum atomic E-state index is 12.8. The van der Waals surface area contributed by atoms with E-state index in [0.29, 0.717) is 0 Å². The molecule has 0 saturated heterocycles. The van der Waals surface area contributed by atoms with Crippen LogP contribution in [0.3, 0.4) is 0 Å². The molecule has 0 spiro atoms. The normalized spacial score (nSPS) is 19.2. The summed E-state index contributed by atoms with van der Waals surface area (Å²) < 4.78 is 6.10. The van der Waals surface area contributed by atoms with Gasteiger partial charge in [-0.25, -0.2) is 0 Å². The molecule has 4 heteroatoms. The van der Waals surface area contributed by atoms with Gasteiger partial charge >= 0.3 is 0 Å². The monoisotopic (exact) mass is 369 g/mol. The summed E-state index contributed by atoms with van der Waals surface area (Å²) in [6.07, 6.45) is 0.761. The van der Waals surface area contributed by atoms with Crippen LogP contribution in [0.4, 0.5) is 0 Å². The van der Waals surface area contributed by atoms with Crippen LogP contribution >= 0.6 is 11.8 Å². The summed E-state index contributed by atoms with van der Waals surface area (Å²) in [6.45, 7) is 10.2. The Hall–Kier alpha value is -1.94. The summed E-state index contributed by atoms with van der Waals surface area (Å²) in [6, 6.07) is 14.4. The second kappa shape index (κ2) is 7.36. The molecular formula is C22H27NO2S. The third-order valence-corrected chi connectivity index (χ3v) is 5.75. The third kappa shape index (κ3) is 4.42. The highest BCUT2D eigenvalue weighted by molar-refractivity contribution is 8.00. The summed E-state index contributed by atoms with van der Waals surface area (Å²) in [5.41, 5.74) is 3.18. The van der Waals surface area contributed by atoms with Crippen molar-refractivity contribution in [2.24, 2.45) is 0 Å². The molecule has 138 valence electrons. The number of amides is 1. The van der Waals surface area contributed by atoms with E-state index in [0.717, 1.165) is 22.6 Å². The first-order chi connectivity index (χ1) is 12.2. The van der Waals surface area contributed by atoms with Gasteiger partial charge in [-0.1, -0.05) is 35.4 Å². The largest absolute Gasteiger partial charge is 0.487 e. The molecule has 3 rings (SSSR count). The summed E-state index contributed by atoms with van der Waals surface area (Å²) in [5.74, 6) is 0.932. The van der Waals surface area contributed by atoms with Crippen molar-refractivity contribution in [3.05, 3.63) is 59.2 Å². The van der Waals surface area contributed by atoms with Crippen molar-refractivity contribution < 1.29 is 9.53 Å².